The minimum Gasteiger partial charge on any atom is -0.333 e. The van der Waals surface area contributed by atoms with Crippen LogP contribution >= 0.6 is 11.7 Å². The van der Waals surface area contributed by atoms with Gasteiger partial charge in [0.25, 0.3) is 5.91 Å². The van der Waals surface area contributed by atoms with Crippen molar-refractivity contribution in [2.24, 2.45) is 0 Å². The minimum absolute atomic E-state index is 0.108. The molecule has 3 rings (SSSR count). The van der Waals surface area contributed by atoms with Gasteiger partial charge >= 0.3 is 0 Å². The normalized spacial score (nSPS) is 10.8. The molecule has 2 heterocycles. The van der Waals surface area contributed by atoms with Crippen LogP contribution in [-0.2, 0) is 13.1 Å². The second kappa shape index (κ2) is 7.52. The van der Waals surface area contributed by atoms with E-state index in [1.54, 1.807) is 9.58 Å². The Morgan fingerprint density at radius 3 is 2.60 bits per heavy atom. The Morgan fingerprint density at radius 1 is 1.20 bits per heavy atom. The summed E-state index contributed by atoms with van der Waals surface area (Å²) in [5, 5.41) is 8.25. The van der Waals surface area contributed by atoms with Gasteiger partial charge in [0.2, 0.25) is 0 Å². The Bertz CT molecular complexity index is 857. The first-order valence-electron chi connectivity index (χ1n) is 8.11. The van der Waals surface area contributed by atoms with Gasteiger partial charge in [0.1, 0.15) is 0 Å². The van der Waals surface area contributed by atoms with Crippen molar-refractivity contribution in [3.63, 3.8) is 0 Å². The lowest BCUT2D eigenvalue weighted by molar-refractivity contribution is 0.0745. The molecule has 0 saturated heterocycles. The predicted molar refractivity (Wildman–Crippen MR) is 95.4 cm³/mol. The Labute approximate surface area is 150 Å². The monoisotopic (exact) mass is 356 g/mol. The number of nitrogens with zero attached hydrogens (tertiary/aromatic N) is 6. The van der Waals surface area contributed by atoms with Gasteiger partial charge < -0.3 is 4.90 Å². The van der Waals surface area contributed by atoms with Crippen LogP contribution in [-0.4, -0.2) is 41.1 Å². The maximum atomic E-state index is 12.9. The Morgan fingerprint density at radius 2 is 1.96 bits per heavy atom. The van der Waals surface area contributed by atoms with Gasteiger partial charge in [0, 0.05) is 13.1 Å². The summed E-state index contributed by atoms with van der Waals surface area (Å²) in [7, 11) is 0. The molecular formula is C17H20N6OS. The summed E-state index contributed by atoms with van der Waals surface area (Å²) in [6.07, 6.45) is 0. The number of hydrogen-bond donors (Lipinski definition) is 0. The smallest absolute Gasteiger partial charge is 0.276 e. The Kier molecular flexibility index (Phi) is 5.18. The molecule has 0 aliphatic heterocycles. The Hall–Kier alpha value is -2.61. The second-order valence-corrected chi connectivity index (χ2v) is 6.31. The summed E-state index contributed by atoms with van der Waals surface area (Å²) in [4.78, 5) is 14.6. The van der Waals surface area contributed by atoms with Crippen molar-refractivity contribution in [3.8, 4) is 0 Å². The number of aryl methyl sites for hydroxylation is 1. The van der Waals surface area contributed by atoms with Gasteiger partial charge in [-0.3, -0.25) is 4.79 Å². The van der Waals surface area contributed by atoms with Gasteiger partial charge in [-0.25, -0.2) is 4.68 Å². The fraction of sp³-hybridized carbons (Fsp3) is 0.353. The van der Waals surface area contributed by atoms with Gasteiger partial charge in [-0.1, -0.05) is 35.5 Å². The molecule has 7 nitrogen and oxygen atoms in total. The lowest BCUT2D eigenvalue weighted by atomic mass is 10.2. The molecule has 3 aromatic rings. The average molecular weight is 356 g/mol. The highest BCUT2D eigenvalue weighted by Gasteiger charge is 2.22. The van der Waals surface area contributed by atoms with Crippen LogP contribution in [0.4, 0.5) is 0 Å². The Balaban J connectivity index is 1.78. The highest BCUT2D eigenvalue weighted by atomic mass is 32.1. The molecule has 0 spiro atoms. The molecule has 0 aliphatic rings. The van der Waals surface area contributed by atoms with Gasteiger partial charge in [-0.15, -0.1) is 5.10 Å². The van der Waals surface area contributed by atoms with Crippen molar-refractivity contribution in [1.29, 1.82) is 0 Å². The standard InChI is InChI=1S/C17H20N6OS/c1-4-22(10-14-8-6-5-7-9-14)17(24)16-13(3)23(21-18-16)11-15-12(2)19-25-20-15/h5-9H,4,10-11H2,1-3H3. The highest BCUT2D eigenvalue weighted by molar-refractivity contribution is 6.99. The minimum atomic E-state index is -0.108. The molecule has 0 aliphatic carbocycles. The first-order valence-corrected chi connectivity index (χ1v) is 8.84. The van der Waals surface area contributed by atoms with E-state index in [4.69, 9.17) is 0 Å². The van der Waals surface area contributed by atoms with Gasteiger partial charge in [0.15, 0.2) is 5.69 Å². The molecule has 25 heavy (non-hydrogen) atoms. The SMILES string of the molecule is CCN(Cc1ccccc1)C(=O)c1nnn(Cc2nsnc2C)c1C. The summed E-state index contributed by atoms with van der Waals surface area (Å²) in [5.41, 5.74) is 3.95. The zero-order valence-corrected chi connectivity index (χ0v) is 15.3. The van der Waals surface area contributed by atoms with E-state index in [1.165, 1.54) is 11.7 Å². The molecule has 130 valence electrons. The van der Waals surface area contributed by atoms with Crippen LogP contribution in [0.5, 0.6) is 0 Å². The summed E-state index contributed by atoms with van der Waals surface area (Å²) in [6.45, 7) is 7.37. The highest BCUT2D eigenvalue weighted by Crippen LogP contribution is 2.13. The lowest BCUT2D eigenvalue weighted by Gasteiger charge is -2.20. The first-order chi connectivity index (χ1) is 12.1. The number of hydrogen-bond acceptors (Lipinski definition) is 6. The molecule has 0 saturated carbocycles. The van der Waals surface area contributed by atoms with E-state index in [2.05, 4.69) is 19.1 Å². The van der Waals surface area contributed by atoms with Crippen molar-refractivity contribution in [2.45, 2.75) is 33.9 Å². The molecule has 0 atom stereocenters. The van der Waals surface area contributed by atoms with E-state index >= 15 is 0 Å². The fourth-order valence-electron chi connectivity index (χ4n) is 2.52. The van der Waals surface area contributed by atoms with Crippen molar-refractivity contribution < 1.29 is 4.79 Å². The van der Waals surface area contributed by atoms with Crippen molar-refractivity contribution in [3.05, 3.63) is 58.7 Å². The lowest BCUT2D eigenvalue weighted by Crippen LogP contribution is -2.31. The maximum Gasteiger partial charge on any atom is 0.276 e. The molecule has 0 radical (unpaired) electrons. The molecule has 1 aromatic carbocycles. The quantitative estimate of drug-likeness (QED) is 0.678. The number of rotatable bonds is 6. The van der Waals surface area contributed by atoms with Crippen LogP contribution in [0.1, 0.15) is 40.1 Å². The summed E-state index contributed by atoms with van der Waals surface area (Å²) < 4.78 is 10.1. The van der Waals surface area contributed by atoms with E-state index in [0.29, 0.717) is 25.3 Å². The molecule has 1 amide bonds. The number of benzene rings is 1. The zero-order chi connectivity index (χ0) is 17.8. The number of carbonyl (C=O) groups is 1. The summed E-state index contributed by atoms with van der Waals surface area (Å²) in [6, 6.07) is 9.93. The van der Waals surface area contributed by atoms with E-state index < -0.39 is 0 Å². The third-order valence-electron chi connectivity index (χ3n) is 4.12. The predicted octanol–water partition coefficient (Wildman–Crippen LogP) is 2.46. The van der Waals surface area contributed by atoms with E-state index in [-0.39, 0.29) is 5.91 Å². The average Bonchev–Trinajstić information content (AvgIpc) is 3.20. The molecule has 0 N–H and O–H groups in total. The van der Waals surface area contributed by atoms with Crippen LogP contribution in [0.3, 0.4) is 0 Å². The summed E-state index contributed by atoms with van der Waals surface area (Å²) in [5.74, 6) is -0.108. The molecule has 0 unspecified atom stereocenters. The fourth-order valence-corrected chi connectivity index (χ4v) is 3.08. The van der Waals surface area contributed by atoms with Crippen molar-refractivity contribution >= 4 is 17.6 Å². The third kappa shape index (κ3) is 3.74. The van der Waals surface area contributed by atoms with Crippen molar-refractivity contribution in [2.75, 3.05) is 6.54 Å². The van der Waals surface area contributed by atoms with Crippen LogP contribution in [0, 0.1) is 13.8 Å². The van der Waals surface area contributed by atoms with Gasteiger partial charge in [-0.05, 0) is 26.3 Å². The third-order valence-corrected chi connectivity index (χ3v) is 4.77. The van der Waals surface area contributed by atoms with Crippen molar-refractivity contribution in [1.82, 2.24) is 28.6 Å². The molecule has 0 fully saturated rings. The van der Waals surface area contributed by atoms with E-state index in [9.17, 15) is 4.79 Å². The van der Waals surface area contributed by atoms with Crippen LogP contribution < -0.4 is 0 Å². The number of aromatic nitrogens is 5. The van der Waals surface area contributed by atoms with E-state index in [1.807, 2.05) is 51.1 Å². The topological polar surface area (TPSA) is 76.8 Å². The van der Waals surface area contributed by atoms with Crippen LogP contribution in [0.2, 0.25) is 0 Å². The second-order valence-electron chi connectivity index (χ2n) is 5.78. The molecule has 0 bridgehead atoms. The van der Waals surface area contributed by atoms with Crippen LogP contribution in [0.25, 0.3) is 0 Å². The van der Waals surface area contributed by atoms with Gasteiger partial charge in [-0.2, -0.15) is 8.75 Å². The summed E-state index contributed by atoms with van der Waals surface area (Å²) >= 11 is 1.18. The zero-order valence-electron chi connectivity index (χ0n) is 14.5. The largest absolute Gasteiger partial charge is 0.333 e. The van der Waals surface area contributed by atoms with E-state index in [0.717, 1.165) is 22.6 Å². The molecule has 8 heteroatoms. The first kappa shape index (κ1) is 17.2. The molecule has 2 aromatic heterocycles. The van der Waals surface area contributed by atoms with Gasteiger partial charge in [0.05, 0.1) is 35.4 Å². The molecular weight excluding hydrogens is 336 g/mol. The maximum absolute atomic E-state index is 12.9. The number of amides is 1. The van der Waals surface area contributed by atoms with Crippen LogP contribution in [0.15, 0.2) is 30.3 Å². The number of carbonyl (C=O) groups excluding carboxylic acids is 1.